The SMILES string of the molecule is O=C1C=CC=C(C(=O)Nc2ccnc(-c3cc(-c4ccon4)n(Cc4ccccc4F)n3)n2)C1. The quantitative estimate of drug-likeness (QED) is 0.471. The predicted molar refractivity (Wildman–Crippen MR) is 120 cm³/mol. The van der Waals surface area contributed by atoms with Gasteiger partial charge >= 0.3 is 0 Å². The molecule has 10 heteroatoms. The van der Waals surface area contributed by atoms with E-state index in [0.717, 1.165) is 0 Å². The summed E-state index contributed by atoms with van der Waals surface area (Å²) in [6.07, 6.45) is 7.50. The highest BCUT2D eigenvalue weighted by Crippen LogP contribution is 2.25. The molecule has 9 nitrogen and oxygen atoms in total. The Morgan fingerprint density at radius 1 is 1.18 bits per heavy atom. The fourth-order valence-electron chi connectivity index (χ4n) is 3.47. The van der Waals surface area contributed by atoms with Gasteiger partial charge in [0.1, 0.15) is 29.3 Å². The first kappa shape index (κ1) is 21.1. The number of carbonyl (C=O) groups excluding carboxylic acids is 2. The van der Waals surface area contributed by atoms with Crippen molar-refractivity contribution in [3.63, 3.8) is 0 Å². The number of anilines is 1. The van der Waals surface area contributed by atoms with E-state index in [9.17, 15) is 14.0 Å². The summed E-state index contributed by atoms with van der Waals surface area (Å²) in [5, 5.41) is 11.2. The number of ketones is 1. The number of aromatic nitrogens is 5. The molecule has 1 aromatic carbocycles. The van der Waals surface area contributed by atoms with Crippen LogP contribution in [0.15, 0.2) is 83.2 Å². The second-order valence-corrected chi connectivity index (χ2v) is 7.46. The van der Waals surface area contributed by atoms with E-state index in [1.54, 1.807) is 47.2 Å². The highest BCUT2D eigenvalue weighted by molar-refractivity contribution is 6.09. The minimum Gasteiger partial charge on any atom is -0.364 e. The molecule has 0 spiro atoms. The maximum absolute atomic E-state index is 14.3. The van der Waals surface area contributed by atoms with Crippen molar-refractivity contribution in [2.45, 2.75) is 13.0 Å². The number of rotatable bonds is 6. The summed E-state index contributed by atoms with van der Waals surface area (Å²) >= 11 is 0. The fourth-order valence-corrected chi connectivity index (χ4v) is 3.47. The van der Waals surface area contributed by atoms with Crippen LogP contribution in [0.25, 0.3) is 22.9 Å². The number of benzene rings is 1. The topological polar surface area (TPSA) is 116 Å². The summed E-state index contributed by atoms with van der Waals surface area (Å²) in [4.78, 5) is 32.7. The molecule has 5 rings (SSSR count). The maximum Gasteiger partial charge on any atom is 0.253 e. The third-order valence-electron chi connectivity index (χ3n) is 5.12. The Kier molecular flexibility index (Phi) is 5.61. The lowest BCUT2D eigenvalue weighted by atomic mass is 10.0. The molecule has 0 aliphatic heterocycles. The average molecular weight is 456 g/mol. The number of halogens is 1. The van der Waals surface area contributed by atoms with Crippen LogP contribution in [0.3, 0.4) is 0 Å². The van der Waals surface area contributed by atoms with E-state index in [4.69, 9.17) is 4.52 Å². The zero-order chi connectivity index (χ0) is 23.5. The average Bonchev–Trinajstić information content (AvgIpc) is 3.51. The number of allylic oxidation sites excluding steroid dienone is 3. The number of carbonyl (C=O) groups is 2. The number of nitrogens with zero attached hydrogens (tertiary/aromatic N) is 5. The minimum atomic E-state index is -0.421. The molecule has 0 radical (unpaired) electrons. The summed E-state index contributed by atoms with van der Waals surface area (Å²) in [5.41, 5.74) is 2.30. The van der Waals surface area contributed by atoms with Gasteiger partial charge in [-0.15, -0.1) is 0 Å². The van der Waals surface area contributed by atoms with Gasteiger partial charge in [0, 0.05) is 29.8 Å². The van der Waals surface area contributed by atoms with Crippen molar-refractivity contribution in [1.29, 1.82) is 0 Å². The van der Waals surface area contributed by atoms with E-state index in [-0.39, 0.29) is 36.2 Å². The number of nitrogens with one attached hydrogen (secondary N) is 1. The van der Waals surface area contributed by atoms with Crippen LogP contribution in [0.1, 0.15) is 12.0 Å². The Morgan fingerprint density at radius 2 is 2.06 bits per heavy atom. The summed E-state index contributed by atoms with van der Waals surface area (Å²) < 4.78 is 20.8. The molecule has 34 heavy (non-hydrogen) atoms. The van der Waals surface area contributed by atoms with Gasteiger partial charge in [-0.2, -0.15) is 5.10 Å². The molecule has 0 saturated carbocycles. The monoisotopic (exact) mass is 456 g/mol. The molecule has 1 aliphatic carbocycles. The van der Waals surface area contributed by atoms with E-state index >= 15 is 0 Å². The Morgan fingerprint density at radius 3 is 2.85 bits per heavy atom. The molecule has 1 aliphatic rings. The summed E-state index contributed by atoms with van der Waals surface area (Å²) in [6, 6.07) is 11.4. The smallest absolute Gasteiger partial charge is 0.253 e. The van der Waals surface area contributed by atoms with Crippen molar-refractivity contribution in [3.05, 3.63) is 90.1 Å². The number of hydrogen-bond acceptors (Lipinski definition) is 7. The summed E-state index contributed by atoms with van der Waals surface area (Å²) in [6.45, 7) is 0.154. The van der Waals surface area contributed by atoms with Crippen molar-refractivity contribution in [2.24, 2.45) is 0 Å². The third kappa shape index (κ3) is 4.42. The molecule has 1 N–H and O–H groups in total. The molecule has 0 fully saturated rings. The largest absolute Gasteiger partial charge is 0.364 e. The highest BCUT2D eigenvalue weighted by atomic mass is 19.1. The van der Waals surface area contributed by atoms with E-state index < -0.39 is 5.91 Å². The van der Waals surface area contributed by atoms with Gasteiger partial charge in [0.15, 0.2) is 11.6 Å². The van der Waals surface area contributed by atoms with Crippen molar-refractivity contribution in [2.75, 3.05) is 5.32 Å². The molecular weight excluding hydrogens is 439 g/mol. The molecule has 168 valence electrons. The van der Waals surface area contributed by atoms with Crippen LogP contribution in [0.2, 0.25) is 0 Å². The second-order valence-electron chi connectivity index (χ2n) is 7.46. The van der Waals surface area contributed by atoms with Crippen LogP contribution in [0.5, 0.6) is 0 Å². The maximum atomic E-state index is 14.3. The van der Waals surface area contributed by atoms with Gasteiger partial charge in [-0.3, -0.25) is 14.3 Å². The molecular formula is C24H17FN6O3. The molecule has 0 atom stereocenters. The van der Waals surface area contributed by atoms with Crippen molar-refractivity contribution in [3.8, 4) is 22.9 Å². The first-order valence-corrected chi connectivity index (χ1v) is 10.3. The lowest BCUT2D eigenvalue weighted by Gasteiger charge is -2.09. The predicted octanol–water partition coefficient (Wildman–Crippen LogP) is 3.58. The molecule has 0 bridgehead atoms. The van der Waals surface area contributed by atoms with E-state index in [1.807, 2.05) is 0 Å². The second kappa shape index (κ2) is 9.02. The molecule has 1 amide bonds. The zero-order valence-electron chi connectivity index (χ0n) is 17.7. The standard InChI is InChI=1S/C24H17FN6O3/c25-18-7-2-1-4-16(18)14-31-21(19-9-11-34-30-19)13-20(29-31)23-26-10-8-22(27-23)28-24(33)15-5-3-6-17(32)12-15/h1-11,13H,12,14H2,(H,26,27,28,33). The van der Waals surface area contributed by atoms with E-state index in [1.165, 1.54) is 30.7 Å². The minimum absolute atomic E-state index is 0.0295. The number of amides is 1. The van der Waals surface area contributed by atoms with Gasteiger partial charge in [0.2, 0.25) is 0 Å². The Bertz CT molecular complexity index is 1440. The van der Waals surface area contributed by atoms with Gasteiger partial charge in [-0.1, -0.05) is 35.5 Å². The molecule has 0 unspecified atom stereocenters. The summed E-state index contributed by atoms with van der Waals surface area (Å²) in [5.74, 6) is -0.405. The lowest BCUT2D eigenvalue weighted by molar-refractivity contribution is -0.117. The van der Waals surface area contributed by atoms with E-state index in [0.29, 0.717) is 28.2 Å². The molecule has 4 aromatic rings. The van der Waals surface area contributed by atoms with E-state index in [2.05, 4.69) is 25.5 Å². The lowest BCUT2D eigenvalue weighted by Crippen LogP contribution is -2.18. The normalized spacial score (nSPS) is 13.1. The Hall–Kier alpha value is -4.73. The molecule has 3 heterocycles. The van der Waals surface area contributed by atoms with Gasteiger partial charge in [0.05, 0.1) is 12.2 Å². The van der Waals surface area contributed by atoms with Crippen LogP contribution in [0.4, 0.5) is 10.2 Å². The van der Waals surface area contributed by atoms with Crippen LogP contribution >= 0.6 is 0 Å². The Labute approximate surface area is 192 Å². The van der Waals surface area contributed by atoms with Crippen LogP contribution in [0, 0.1) is 5.82 Å². The van der Waals surface area contributed by atoms with Gasteiger partial charge in [0.25, 0.3) is 5.91 Å². The highest BCUT2D eigenvalue weighted by Gasteiger charge is 2.19. The summed E-state index contributed by atoms with van der Waals surface area (Å²) in [7, 11) is 0. The zero-order valence-corrected chi connectivity index (χ0v) is 17.7. The van der Waals surface area contributed by atoms with Crippen molar-refractivity contribution in [1.82, 2.24) is 24.9 Å². The van der Waals surface area contributed by atoms with Gasteiger partial charge < -0.3 is 9.84 Å². The number of hydrogen-bond donors (Lipinski definition) is 1. The third-order valence-corrected chi connectivity index (χ3v) is 5.12. The first-order chi connectivity index (χ1) is 16.6. The van der Waals surface area contributed by atoms with Gasteiger partial charge in [-0.05, 0) is 24.3 Å². The molecule has 0 saturated heterocycles. The Balaban J connectivity index is 1.45. The first-order valence-electron chi connectivity index (χ1n) is 10.3. The van der Waals surface area contributed by atoms with Crippen molar-refractivity contribution >= 4 is 17.5 Å². The van der Waals surface area contributed by atoms with Crippen LogP contribution < -0.4 is 5.32 Å². The fraction of sp³-hybridized carbons (Fsp3) is 0.0833. The van der Waals surface area contributed by atoms with Crippen molar-refractivity contribution < 1.29 is 18.5 Å². The molecule has 3 aromatic heterocycles. The van der Waals surface area contributed by atoms with Crippen LogP contribution in [-0.4, -0.2) is 36.6 Å². The van der Waals surface area contributed by atoms with Gasteiger partial charge in [-0.25, -0.2) is 14.4 Å². The van der Waals surface area contributed by atoms with Crippen LogP contribution in [-0.2, 0) is 16.1 Å².